The SMILES string of the molecule is Cn1ccnc1SC[C@@H]1C[C@H](c2ccc(CO)cc2)O[C@H](c2ccc(NC(=O)CCCCC(=O)Nc3ccccc3N)cc2)O1. The molecule has 4 aromatic rings. The van der Waals surface area contributed by atoms with E-state index in [0.717, 1.165) is 21.8 Å². The van der Waals surface area contributed by atoms with Gasteiger partial charge < -0.3 is 35.5 Å². The van der Waals surface area contributed by atoms with E-state index in [0.29, 0.717) is 54.9 Å². The van der Waals surface area contributed by atoms with E-state index in [1.807, 2.05) is 78.5 Å². The van der Waals surface area contributed by atoms with E-state index in [9.17, 15) is 14.7 Å². The van der Waals surface area contributed by atoms with E-state index in [4.69, 9.17) is 15.2 Å². The zero-order chi connectivity index (χ0) is 31.6. The zero-order valence-electron chi connectivity index (χ0n) is 25.2. The third kappa shape index (κ3) is 9.18. The van der Waals surface area contributed by atoms with Gasteiger partial charge in [-0.05, 0) is 48.2 Å². The number of unbranched alkanes of at least 4 members (excludes halogenated alkanes) is 1. The minimum absolute atomic E-state index is 0.00873. The summed E-state index contributed by atoms with van der Waals surface area (Å²) in [5, 5.41) is 16.1. The molecular weight excluding hydrogens is 590 g/mol. The molecule has 5 N–H and O–H groups in total. The highest BCUT2D eigenvalue weighted by Crippen LogP contribution is 2.39. The molecule has 1 aliphatic heterocycles. The van der Waals surface area contributed by atoms with E-state index in [2.05, 4.69) is 15.6 Å². The number of aromatic nitrogens is 2. The van der Waals surface area contributed by atoms with Crippen molar-refractivity contribution < 1.29 is 24.2 Å². The lowest BCUT2D eigenvalue weighted by Gasteiger charge is -2.36. The molecule has 0 saturated carbocycles. The summed E-state index contributed by atoms with van der Waals surface area (Å²) in [4.78, 5) is 29.2. The molecule has 5 rings (SSSR count). The van der Waals surface area contributed by atoms with Crippen LogP contribution in [0.15, 0.2) is 90.3 Å². The average molecular weight is 630 g/mol. The predicted molar refractivity (Wildman–Crippen MR) is 175 cm³/mol. The number of thioether (sulfide) groups is 1. The molecule has 1 aliphatic rings. The fraction of sp³-hybridized carbons (Fsp3) is 0.324. The number of anilines is 3. The number of benzene rings is 3. The van der Waals surface area contributed by atoms with Crippen LogP contribution in [0.25, 0.3) is 0 Å². The lowest BCUT2D eigenvalue weighted by atomic mass is 10.0. The van der Waals surface area contributed by atoms with Gasteiger partial charge >= 0.3 is 0 Å². The quantitative estimate of drug-likeness (QED) is 0.0806. The first-order valence-electron chi connectivity index (χ1n) is 15.0. The van der Waals surface area contributed by atoms with Crippen LogP contribution in [0, 0.1) is 0 Å². The number of imidazole rings is 1. The fourth-order valence-corrected chi connectivity index (χ4v) is 5.97. The molecule has 0 bridgehead atoms. The summed E-state index contributed by atoms with van der Waals surface area (Å²) in [6.07, 6.45) is 5.32. The summed E-state index contributed by atoms with van der Waals surface area (Å²) in [7, 11) is 1.97. The molecule has 11 heteroatoms. The molecule has 2 heterocycles. The Morgan fingerprint density at radius 1 is 0.956 bits per heavy atom. The topological polar surface area (TPSA) is 141 Å². The number of nitrogens with one attached hydrogen (secondary N) is 2. The molecule has 236 valence electrons. The number of rotatable bonds is 13. The van der Waals surface area contributed by atoms with Crippen LogP contribution in [0.4, 0.5) is 17.1 Å². The highest BCUT2D eigenvalue weighted by atomic mass is 32.2. The normalized spacial score (nSPS) is 18.0. The van der Waals surface area contributed by atoms with Crippen LogP contribution in [0.1, 0.15) is 61.2 Å². The Labute approximate surface area is 267 Å². The summed E-state index contributed by atoms with van der Waals surface area (Å²) < 4.78 is 14.8. The Morgan fingerprint density at radius 2 is 1.64 bits per heavy atom. The fourth-order valence-electron chi connectivity index (χ4n) is 5.02. The number of nitrogen functional groups attached to an aromatic ring is 1. The molecule has 1 saturated heterocycles. The Morgan fingerprint density at radius 3 is 2.31 bits per heavy atom. The van der Waals surface area contributed by atoms with Gasteiger partial charge in [0.1, 0.15) is 0 Å². The highest BCUT2D eigenvalue weighted by Gasteiger charge is 2.32. The maximum absolute atomic E-state index is 12.6. The van der Waals surface area contributed by atoms with Gasteiger partial charge in [-0.25, -0.2) is 4.98 Å². The number of aryl methyl sites for hydroxylation is 1. The smallest absolute Gasteiger partial charge is 0.224 e. The number of amides is 2. The number of hydrogen-bond acceptors (Lipinski definition) is 8. The number of ether oxygens (including phenoxy) is 2. The second-order valence-corrected chi connectivity index (χ2v) is 12.0. The molecule has 3 aromatic carbocycles. The summed E-state index contributed by atoms with van der Waals surface area (Å²) >= 11 is 1.64. The number of aliphatic hydroxyl groups is 1. The second kappa shape index (κ2) is 15.7. The Kier molecular flexibility index (Phi) is 11.3. The summed E-state index contributed by atoms with van der Waals surface area (Å²) in [6.45, 7) is -0.00873. The number of para-hydroxylation sites is 2. The molecule has 1 fully saturated rings. The van der Waals surface area contributed by atoms with Gasteiger partial charge in [-0.15, -0.1) is 0 Å². The molecular formula is C34H39N5O5S. The van der Waals surface area contributed by atoms with E-state index >= 15 is 0 Å². The largest absolute Gasteiger partial charge is 0.397 e. The van der Waals surface area contributed by atoms with Gasteiger partial charge in [0.2, 0.25) is 11.8 Å². The Bertz CT molecular complexity index is 1560. The van der Waals surface area contributed by atoms with Crippen molar-refractivity contribution in [2.75, 3.05) is 22.1 Å². The van der Waals surface area contributed by atoms with Crippen molar-refractivity contribution >= 4 is 40.6 Å². The van der Waals surface area contributed by atoms with Crippen molar-refractivity contribution in [2.24, 2.45) is 7.05 Å². The van der Waals surface area contributed by atoms with Crippen molar-refractivity contribution in [2.45, 2.75) is 62.4 Å². The summed E-state index contributed by atoms with van der Waals surface area (Å²) in [6, 6.07) is 22.4. The third-order valence-electron chi connectivity index (χ3n) is 7.55. The molecule has 0 spiro atoms. The van der Waals surface area contributed by atoms with Gasteiger partial charge in [-0.2, -0.15) is 0 Å². The van der Waals surface area contributed by atoms with E-state index in [1.165, 1.54) is 0 Å². The van der Waals surface area contributed by atoms with Gasteiger partial charge in [0, 0.05) is 55.7 Å². The molecule has 45 heavy (non-hydrogen) atoms. The second-order valence-electron chi connectivity index (χ2n) is 11.0. The maximum atomic E-state index is 12.6. The lowest BCUT2D eigenvalue weighted by molar-refractivity contribution is -0.245. The van der Waals surface area contributed by atoms with Crippen LogP contribution in [0.5, 0.6) is 0 Å². The zero-order valence-corrected chi connectivity index (χ0v) is 26.0. The van der Waals surface area contributed by atoms with Crippen LogP contribution < -0.4 is 16.4 Å². The monoisotopic (exact) mass is 629 g/mol. The molecule has 10 nitrogen and oxygen atoms in total. The van der Waals surface area contributed by atoms with Crippen LogP contribution in [-0.4, -0.2) is 38.3 Å². The highest BCUT2D eigenvalue weighted by molar-refractivity contribution is 7.99. The first-order valence-corrected chi connectivity index (χ1v) is 16.0. The van der Waals surface area contributed by atoms with Gasteiger partial charge in [0.25, 0.3) is 0 Å². The van der Waals surface area contributed by atoms with E-state index in [1.54, 1.807) is 30.1 Å². The van der Waals surface area contributed by atoms with Crippen LogP contribution in [0.2, 0.25) is 0 Å². The molecule has 3 atom stereocenters. The van der Waals surface area contributed by atoms with Gasteiger partial charge in [0.15, 0.2) is 11.4 Å². The maximum Gasteiger partial charge on any atom is 0.224 e. The molecule has 0 unspecified atom stereocenters. The molecule has 2 amide bonds. The number of nitrogens with two attached hydrogens (primary N) is 1. The Hall–Kier alpha value is -4.16. The third-order valence-corrected chi connectivity index (χ3v) is 8.74. The summed E-state index contributed by atoms with van der Waals surface area (Å²) in [5.41, 5.74) is 10.4. The summed E-state index contributed by atoms with van der Waals surface area (Å²) in [5.74, 6) is 0.475. The lowest BCUT2D eigenvalue weighted by Crippen LogP contribution is -2.31. The standard InChI is InChI=1S/C34H39N5O5S/c1-39-19-18-36-34(39)45-22-27-20-30(24-12-10-23(21-40)11-13-24)44-33(43-27)25-14-16-26(17-15-25)37-31(41)8-4-5-9-32(42)38-29-7-3-2-6-28(29)35/h2-3,6-7,10-19,27,30,33,40H,4-5,8-9,20-22,35H2,1H3,(H,37,41)(H,38,42)/t27-,30+,33+/m0/s1. The minimum Gasteiger partial charge on any atom is -0.397 e. The number of carbonyl (C=O) groups excluding carboxylic acids is 2. The molecule has 0 radical (unpaired) electrons. The predicted octanol–water partition coefficient (Wildman–Crippen LogP) is 5.97. The number of nitrogens with zero attached hydrogens (tertiary/aromatic N) is 2. The number of hydrogen-bond donors (Lipinski definition) is 4. The van der Waals surface area contributed by atoms with Gasteiger partial charge in [0.05, 0.1) is 30.2 Å². The van der Waals surface area contributed by atoms with Crippen molar-refractivity contribution in [3.8, 4) is 0 Å². The van der Waals surface area contributed by atoms with Crippen LogP contribution in [0.3, 0.4) is 0 Å². The van der Waals surface area contributed by atoms with E-state index in [-0.39, 0.29) is 30.6 Å². The van der Waals surface area contributed by atoms with Crippen LogP contribution >= 0.6 is 11.8 Å². The van der Waals surface area contributed by atoms with Gasteiger partial charge in [-0.1, -0.05) is 60.3 Å². The number of aliphatic hydroxyl groups excluding tert-OH is 1. The van der Waals surface area contributed by atoms with Crippen molar-refractivity contribution in [1.82, 2.24) is 9.55 Å². The average Bonchev–Trinajstić information content (AvgIpc) is 3.47. The minimum atomic E-state index is -0.588. The van der Waals surface area contributed by atoms with Gasteiger partial charge in [-0.3, -0.25) is 9.59 Å². The first kappa shape index (κ1) is 32.2. The first-order chi connectivity index (χ1) is 21.9. The molecule has 1 aromatic heterocycles. The molecule has 0 aliphatic carbocycles. The van der Waals surface area contributed by atoms with Crippen molar-refractivity contribution in [3.63, 3.8) is 0 Å². The van der Waals surface area contributed by atoms with Crippen LogP contribution in [-0.2, 0) is 32.7 Å². The van der Waals surface area contributed by atoms with Crippen molar-refractivity contribution in [1.29, 1.82) is 0 Å². The van der Waals surface area contributed by atoms with Crippen molar-refractivity contribution in [3.05, 3.63) is 102 Å². The number of carbonyl (C=O) groups is 2. The van der Waals surface area contributed by atoms with E-state index < -0.39 is 6.29 Å². The Balaban J connectivity index is 1.13.